The molecule has 1 aromatic heterocycles. The summed E-state index contributed by atoms with van der Waals surface area (Å²) in [5.74, 6) is -2.06. The Morgan fingerprint density at radius 3 is 2.45 bits per heavy atom. The molecule has 0 saturated carbocycles. The predicted molar refractivity (Wildman–Crippen MR) is 72.7 cm³/mol. The van der Waals surface area contributed by atoms with Crippen molar-refractivity contribution in [2.75, 3.05) is 0 Å². The van der Waals surface area contributed by atoms with Gasteiger partial charge in [-0.1, -0.05) is 29.8 Å². The number of hydrogen-bond acceptors (Lipinski definition) is 2. The van der Waals surface area contributed by atoms with E-state index in [4.69, 9.17) is 11.6 Å². The second kappa shape index (κ2) is 4.68. The highest BCUT2D eigenvalue weighted by atomic mass is 35.5. The van der Waals surface area contributed by atoms with Gasteiger partial charge in [-0.2, -0.15) is 5.10 Å². The van der Waals surface area contributed by atoms with Crippen molar-refractivity contribution in [1.82, 2.24) is 10.2 Å². The second-order valence-electron chi connectivity index (χ2n) is 4.19. The number of halogens is 3. The highest BCUT2D eigenvalue weighted by Gasteiger charge is 2.14. The van der Waals surface area contributed by atoms with Gasteiger partial charge in [0.05, 0.1) is 10.4 Å². The van der Waals surface area contributed by atoms with E-state index in [1.54, 1.807) is 24.3 Å². The summed E-state index contributed by atoms with van der Waals surface area (Å²) in [5.41, 5.74) is 0.158. The summed E-state index contributed by atoms with van der Waals surface area (Å²) in [6, 6.07) is 8.56. The summed E-state index contributed by atoms with van der Waals surface area (Å²) in [6.07, 6.45) is 0. The standard InChI is InChI=1S/C14H7ClF2N2O/c15-10-6-12(17)11(16)5-9(10)13-7-3-1-2-4-8(7)14(20)19-18-13/h1-6H,(H,19,20). The molecule has 6 heteroatoms. The minimum Gasteiger partial charge on any atom is -0.267 e. The lowest BCUT2D eigenvalue weighted by atomic mass is 10.0. The van der Waals surface area contributed by atoms with Crippen LogP contribution >= 0.6 is 11.6 Å². The molecular formula is C14H7ClF2N2O. The molecule has 3 rings (SSSR count). The van der Waals surface area contributed by atoms with E-state index in [1.165, 1.54) is 0 Å². The lowest BCUT2D eigenvalue weighted by Crippen LogP contribution is -2.09. The van der Waals surface area contributed by atoms with Crippen molar-refractivity contribution in [3.05, 3.63) is 63.4 Å². The van der Waals surface area contributed by atoms with Crippen LogP contribution in [0.3, 0.4) is 0 Å². The van der Waals surface area contributed by atoms with Gasteiger partial charge in [0, 0.05) is 10.9 Å². The van der Waals surface area contributed by atoms with Crippen LogP contribution in [0.25, 0.3) is 22.0 Å². The Balaban J connectivity index is 2.39. The first-order valence-corrected chi connectivity index (χ1v) is 6.08. The summed E-state index contributed by atoms with van der Waals surface area (Å²) >= 11 is 5.94. The first-order chi connectivity index (χ1) is 9.58. The molecule has 0 spiro atoms. The number of nitrogens with zero attached hydrogens (tertiary/aromatic N) is 1. The Labute approximate surface area is 116 Å². The third kappa shape index (κ3) is 1.96. The monoisotopic (exact) mass is 292 g/mol. The first-order valence-electron chi connectivity index (χ1n) is 5.70. The van der Waals surface area contributed by atoms with Crippen LogP contribution in [0.5, 0.6) is 0 Å². The zero-order valence-corrected chi connectivity index (χ0v) is 10.7. The average Bonchev–Trinajstić information content (AvgIpc) is 2.44. The minimum absolute atomic E-state index is 0.0219. The van der Waals surface area contributed by atoms with Crippen molar-refractivity contribution in [1.29, 1.82) is 0 Å². The van der Waals surface area contributed by atoms with Gasteiger partial charge in [-0.25, -0.2) is 13.9 Å². The van der Waals surface area contributed by atoms with E-state index in [9.17, 15) is 13.6 Å². The molecule has 0 unspecified atom stereocenters. The number of aromatic nitrogens is 2. The smallest absolute Gasteiger partial charge is 0.267 e. The predicted octanol–water partition coefficient (Wildman–Crippen LogP) is 3.52. The van der Waals surface area contributed by atoms with Crippen molar-refractivity contribution < 1.29 is 8.78 Å². The molecule has 0 radical (unpaired) electrons. The van der Waals surface area contributed by atoms with E-state index >= 15 is 0 Å². The molecular weight excluding hydrogens is 286 g/mol. The molecule has 0 fully saturated rings. The zero-order chi connectivity index (χ0) is 14.3. The maximum absolute atomic E-state index is 13.4. The van der Waals surface area contributed by atoms with Gasteiger partial charge in [0.1, 0.15) is 5.69 Å². The SMILES string of the molecule is O=c1[nH]nc(-c2cc(F)c(F)cc2Cl)c2ccccc12. The molecule has 0 saturated heterocycles. The summed E-state index contributed by atoms with van der Waals surface area (Å²) in [4.78, 5) is 11.7. The Hall–Kier alpha value is -2.27. The molecule has 0 bridgehead atoms. The van der Waals surface area contributed by atoms with Gasteiger partial charge in [-0.15, -0.1) is 0 Å². The fourth-order valence-corrected chi connectivity index (χ4v) is 2.26. The molecule has 1 heterocycles. The molecule has 100 valence electrons. The van der Waals surface area contributed by atoms with Gasteiger partial charge in [0.2, 0.25) is 0 Å². The van der Waals surface area contributed by atoms with Gasteiger partial charge in [-0.05, 0) is 18.2 Å². The third-order valence-electron chi connectivity index (χ3n) is 2.96. The topological polar surface area (TPSA) is 45.8 Å². The third-order valence-corrected chi connectivity index (χ3v) is 3.27. The zero-order valence-electron chi connectivity index (χ0n) is 9.95. The quantitative estimate of drug-likeness (QED) is 0.698. The van der Waals surface area contributed by atoms with Crippen LogP contribution in [0.1, 0.15) is 0 Å². The number of aromatic amines is 1. The van der Waals surface area contributed by atoms with Crippen LogP contribution < -0.4 is 5.56 Å². The van der Waals surface area contributed by atoms with Crippen molar-refractivity contribution in [3.8, 4) is 11.3 Å². The maximum atomic E-state index is 13.4. The fourth-order valence-electron chi connectivity index (χ4n) is 2.02. The highest BCUT2D eigenvalue weighted by molar-refractivity contribution is 6.33. The van der Waals surface area contributed by atoms with Gasteiger partial charge in [-0.3, -0.25) is 4.79 Å². The Morgan fingerprint density at radius 2 is 1.70 bits per heavy atom. The largest absolute Gasteiger partial charge is 0.272 e. The number of benzene rings is 2. The molecule has 3 aromatic rings. The van der Waals surface area contributed by atoms with Crippen LogP contribution in [0.15, 0.2) is 41.2 Å². The van der Waals surface area contributed by atoms with Crippen molar-refractivity contribution in [2.24, 2.45) is 0 Å². The molecule has 20 heavy (non-hydrogen) atoms. The van der Waals surface area contributed by atoms with Crippen LogP contribution in [0, 0.1) is 11.6 Å². The number of fused-ring (bicyclic) bond motifs is 1. The number of rotatable bonds is 1. The molecule has 3 nitrogen and oxygen atoms in total. The molecule has 0 amide bonds. The summed E-state index contributed by atoms with van der Waals surface area (Å²) in [6.45, 7) is 0. The van der Waals surface area contributed by atoms with E-state index in [-0.39, 0.29) is 16.1 Å². The molecule has 2 aromatic carbocycles. The molecule has 0 aliphatic heterocycles. The first kappa shape index (κ1) is 12.7. The van der Waals surface area contributed by atoms with Crippen molar-refractivity contribution in [3.63, 3.8) is 0 Å². The van der Waals surface area contributed by atoms with Crippen LogP contribution in [-0.4, -0.2) is 10.2 Å². The van der Waals surface area contributed by atoms with Crippen molar-refractivity contribution >= 4 is 22.4 Å². The summed E-state index contributed by atoms with van der Waals surface area (Å²) in [5, 5.41) is 7.16. The fraction of sp³-hybridized carbons (Fsp3) is 0. The van der Waals surface area contributed by atoms with Gasteiger partial charge in [0.15, 0.2) is 11.6 Å². The van der Waals surface area contributed by atoms with E-state index in [0.29, 0.717) is 16.5 Å². The van der Waals surface area contributed by atoms with E-state index in [2.05, 4.69) is 10.2 Å². The second-order valence-corrected chi connectivity index (χ2v) is 4.60. The molecule has 0 atom stereocenters. The highest BCUT2D eigenvalue weighted by Crippen LogP contribution is 2.31. The summed E-state index contributed by atoms with van der Waals surface area (Å²) < 4.78 is 26.5. The Bertz CT molecular complexity index is 877. The molecule has 0 aliphatic carbocycles. The van der Waals surface area contributed by atoms with E-state index in [1.807, 2.05) is 0 Å². The maximum Gasteiger partial charge on any atom is 0.272 e. The van der Waals surface area contributed by atoms with Crippen LogP contribution in [0.2, 0.25) is 5.02 Å². The lowest BCUT2D eigenvalue weighted by molar-refractivity contribution is 0.509. The number of nitrogens with one attached hydrogen (secondary N) is 1. The summed E-state index contributed by atoms with van der Waals surface area (Å²) in [7, 11) is 0. The van der Waals surface area contributed by atoms with Gasteiger partial charge in [0.25, 0.3) is 5.56 Å². The molecule has 1 N–H and O–H groups in total. The number of hydrogen-bond donors (Lipinski definition) is 1. The van der Waals surface area contributed by atoms with Gasteiger partial charge >= 0.3 is 0 Å². The van der Waals surface area contributed by atoms with Gasteiger partial charge < -0.3 is 0 Å². The Kier molecular flexibility index (Phi) is 2.99. The average molecular weight is 293 g/mol. The molecule has 0 aliphatic rings. The normalized spacial score (nSPS) is 10.9. The Morgan fingerprint density at radius 1 is 1.05 bits per heavy atom. The van der Waals surface area contributed by atoms with Crippen molar-refractivity contribution in [2.45, 2.75) is 0 Å². The number of H-pyrrole nitrogens is 1. The minimum atomic E-state index is -1.03. The lowest BCUT2D eigenvalue weighted by Gasteiger charge is -2.07. The van der Waals surface area contributed by atoms with E-state index < -0.39 is 11.6 Å². The van der Waals surface area contributed by atoms with E-state index in [0.717, 1.165) is 12.1 Å². The van der Waals surface area contributed by atoms with Crippen LogP contribution in [0.4, 0.5) is 8.78 Å². The van der Waals surface area contributed by atoms with Crippen LogP contribution in [-0.2, 0) is 0 Å².